The predicted molar refractivity (Wildman–Crippen MR) is 67.5 cm³/mol. The van der Waals surface area contributed by atoms with Gasteiger partial charge in [0, 0.05) is 25.2 Å². The number of carbonyl (C=O) groups is 1. The van der Waals surface area contributed by atoms with E-state index in [9.17, 15) is 4.79 Å². The monoisotopic (exact) mass is 266 g/mol. The fraction of sp³-hybridized carbons (Fsp3) is 0.364. The van der Waals surface area contributed by atoms with Crippen molar-refractivity contribution in [1.82, 2.24) is 20.1 Å². The molecule has 0 fully saturated rings. The molecule has 0 saturated carbocycles. The van der Waals surface area contributed by atoms with Gasteiger partial charge in [-0.1, -0.05) is 0 Å². The molecule has 0 radical (unpaired) electrons. The summed E-state index contributed by atoms with van der Waals surface area (Å²) in [5.41, 5.74) is 0.891. The summed E-state index contributed by atoms with van der Waals surface area (Å²) in [7, 11) is 1.73. The topological polar surface area (TPSA) is 80.0 Å². The zero-order chi connectivity index (χ0) is 13.1. The van der Waals surface area contributed by atoms with Gasteiger partial charge in [-0.05, 0) is 6.92 Å². The maximum Gasteiger partial charge on any atom is 0.339 e. The summed E-state index contributed by atoms with van der Waals surface area (Å²) in [6.07, 6.45) is 3.12. The van der Waals surface area contributed by atoms with Crippen molar-refractivity contribution in [2.75, 3.05) is 0 Å². The third kappa shape index (κ3) is 2.57. The van der Waals surface area contributed by atoms with Gasteiger partial charge in [-0.15, -0.1) is 11.3 Å². The van der Waals surface area contributed by atoms with Crippen LogP contribution in [0, 0.1) is 0 Å². The second kappa shape index (κ2) is 5.28. The summed E-state index contributed by atoms with van der Waals surface area (Å²) in [6, 6.07) is 0.0848. The van der Waals surface area contributed by atoms with Crippen LogP contribution in [0.25, 0.3) is 0 Å². The van der Waals surface area contributed by atoms with Gasteiger partial charge in [0.2, 0.25) is 0 Å². The second-order valence-corrected chi connectivity index (χ2v) is 4.83. The number of carboxylic acids is 1. The highest BCUT2D eigenvalue weighted by molar-refractivity contribution is 7.09. The highest BCUT2D eigenvalue weighted by Gasteiger charge is 2.16. The number of hydrogen-bond donors (Lipinski definition) is 2. The van der Waals surface area contributed by atoms with Crippen molar-refractivity contribution in [2.45, 2.75) is 19.5 Å². The Balaban J connectivity index is 2.06. The average molecular weight is 266 g/mol. The van der Waals surface area contributed by atoms with E-state index < -0.39 is 5.97 Å². The molecule has 0 saturated heterocycles. The lowest BCUT2D eigenvalue weighted by Crippen LogP contribution is -2.21. The van der Waals surface area contributed by atoms with Crippen molar-refractivity contribution in [1.29, 1.82) is 0 Å². The lowest BCUT2D eigenvalue weighted by atomic mass is 10.2. The third-order valence-electron chi connectivity index (χ3n) is 2.69. The molecule has 0 spiro atoms. The van der Waals surface area contributed by atoms with Gasteiger partial charge in [0.1, 0.15) is 10.6 Å². The fourth-order valence-corrected chi connectivity index (χ4v) is 2.31. The van der Waals surface area contributed by atoms with E-state index in [0.717, 1.165) is 5.01 Å². The first-order valence-electron chi connectivity index (χ1n) is 5.46. The van der Waals surface area contributed by atoms with E-state index in [4.69, 9.17) is 5.11 Å². The number of aryl methyl sites for hydroxylation is 1. The Morgan fingerprint density at radius 2 is 2.44 bits per heavy atom. The largest absolute Gasteiger partial charge is 0.478 e. The molecule has 0 bridgehead atoms. The van der Waals surface area contributed by atoms with Crippen LogP contribution in [-0.4, -0.2) is 25.8 Å². The number of hydrogen-bond acceptors (Lipinski definition) is 5. The zero-order valence-corrected chi connectivity index (χ0v) is 10.9. The predicted octanol–water partition coefficient (Wildman–Crippen LogP) is 1.43. The summed E-state index contributed by atoms with van der Waals surface area (Å²) < 4.78 is 1.57. The molecule has 0 aliphatic heterocycles. The molecule has 1 unspecified atom stereocenters. The van der Waals surface area contributed by atoms with Crippen LogP contribution in [0.5, 0.6) is 0 Å². The van der Waals surface area contributed by atoms with Crippen LogP contribution in [0.3, 0.4) is 0 Å². The Labute approximate surface area is 108 Å². The van der Waals surface area contributed by atoms with Gasteiger partial charge in [-0.2, -0.15) is 5.10 Å². The van der Waals surface area contributed by atoms with Crippen LogP contribution in [-0.2, 0) is 13.6 Å². The van der Waals surface area contributed by atoms with Crippen molar-refractivity contribution in [3.8, 4) is 0 Å². The van der Waals surface area contributed by atoms with Gasteiger partial charge >= 0.3 is 5.97 Å². The summed E-state index contributed by atoms with van der Waals surface area (Å²) >= 11 is 1.57. The number of aromatic carboxylic acids is 1. The SMILES string of the molecule is CC(NCc1c(C(=O)O)cnn1C)c1nccs1. The summed E-state index contributed by atoms with van der Waals surface area (Å²) in [6.45, 7) is 2.44. The molecule has 0 aliphatic carbocycles. The number of aromatic nitrogens is 3. The summed E-state index contributed by atoms with van der Waals surface area (Å²) in [4.78, 5) is 15.2. The average Bonchev–Trinajstić information content (AvgIpc) is 2.95. The number of nitrogens with one attached hydrogen (secondary N) is 1. The van der Waals surface area contributed by atoms with Crippen molar-refractivity contribution in [2.24, 2.45) is 7.05 Å². The first-order valence-corrected chi connectivity index (χ1v) is 6.34. The molecule has 2 N–H and O–H groups in total. The quantitative estimate of drug-likeness (QED) is 0.855. The molecule has 2 aromatic heterocycles. The van der Waals surface area contributed by atoms with Crippen molar-refractivity contribution in [3.05, 3.63) is 34.0 Å². The molecule has 2 heterocycles. The minimum atomic E-state index is -0.957. The Hall–Kier alpha value is -1.73. The smallest absolute Gasteiger partial charge is 0.339 e. The lowest BCUT2D eigenvalue weighted by molar-refractivity contribution is 0.0695. The van der Waals surface area contributed by atoms with E-state index >= 15 is 0 Å². The minimum absolute atomic E-state index is 0.0848. The molecule has 0 aliphatic rings. The Kier molecular flexibility index (Phi) is 3.73. The maximum atomic E-state index is 11.0. The van der Waals surface area contributed by atoms with Gasteiger partial charge in [0.25, 0.3) is 0 Å². The normalized spacial score (nSPS) is 12.6. The Bertz CT molecular complexity index is 535. The highest BCUT2D eigenvalue weighted by atomic mass is 32.1. The van der Waals surface area contributed by atoms with Gasteiger partial charge in [-0.3, -0.25) is 4.68 Å². The molecule has 7 heteroatoms. The van der Waals surface area contributed by atoms with Gasteiger partial charge in [0.15, 0.2) is 0 Å². The van der Waals surface area contributed by atoms with E-state index in [1.807, 2.05) is 12.3 Å². The van der Waals surface area contributed by atoms with E-state index in [1.54, 1.807) is 29.3 Å². The first-order chi connectivity index (χ1) is 8.59. The van der Waals surface area contributed by atoms with E-state index in [1.165, 1.54) is 6.20 Å². The molecule has 6 nitrogen and oxygen atoms in total. The van der Waals surface area contributed by atoms with Crippen molar-refractivity contribution >= 4 is 17.3 Å². The third-order valence-corrected chi connectivity index (χ3v) is 3.65. The molecular weight excluding hydrogens is 252 g/mol. The van der Waals surface area contributed by atoms with Crippen LogP contribution in [0.15, 0.2) is 17.8 Å². The van der Waals surface area contributed by atoms with E-state index in [0.29, 0.717) is 12.2 Å². The number of nitrogens with zero attached hydrogens (tertiary/aromatic N) is 3. The molecule has 2 rings (SSSR count). The number of thiazole rings is 1. The van der Waals surface area contributed by atoms with E-state index in [-0.39, 0.29) is 11.6 Å². The van der Waals surface area contributed by atoms with Crippen LogP contribution in [0.2, 0.25) is 0 Å². The minimum Gasteiger partial charge on any atom is -0.478 e. The Morgan fingerprint density at radius 1 is 1.67 bits per heavy atom. The standard InChI is InChI=1S/C11H14N4O2S/c1-7(10-12-3-4-18-10)13-6-9-8(11(16)17)5-14-15(9)2/h3-5,7,13H,6H2,1-2H3,(H,16,17). The van der Waals surface area contributed by atoms with Crippen molar-refractivity contribution in [3.63, 3.8) is 0 Å². The molecule has 2 aromatic rings. The van der Waals surface area contributed by atoms with Crippen LogP contribution in [0.1, 0.15) is 34.0 Å². The van der Waals surface area contributed by atoms with Gasteiger partial charge in [0.05, 0.1) is 17.9 Å². The molecule has 0 aromatic carbocycles. The number of carboxylic acid groups (broad SMARTS) is 1. The summed E-state index contributed by atoms with van der Waals surface area (Å²) in [5, 5.41) is 19.1. The lowest BCUT2D eigenvalue weighted by Gasteiger charge is -2.11. The molecule has 1 atom stereocenters. The Morgan fingerprint density at radius 3 is 3.06 bits per heavy atom. The van der Waals surface area contributed by atoms with E-state index in [2.05, 4.69) is 15.4 Å². The first kappa shape index (κ1) is 12.7. The summed E-state index contributed by atoms with van der Waals surface area (Å²) in [5.74, 6) is -0.957. The van der Waals surface area contributed by atoms with Gasteiger partial charge < -0.3 is 10.4 Å². The number of rotatable bonds is 5. The van der Waals surface area contributed by atoms with Crippen molar-refractivity contribution < 1.29 is 9.90 Å². The highest BCUT2D eigenvalue weighted by Crippen LogP contribution is 2.16. The van der Waals surface area contributed by atoms with Crippen LogP contribution < -0.4 is 5.32 Å². The molecule has 0 amide bonds. The maximum absolute atomic E-state index is 11.0. The van der Waals surface area contributed by atoms with Crippen LogP contribution >= 0.6 is 11.3 Å². The second-order valence-electron chi connectivity index (χ2n) is 3.91. The molecule has 96 valence electrons. The molecule has 18 heavy (non-hydrogen) atoms. The fourth-order valence-electron chi connectivity index (χ4n) is 1.64. The zero-order valence-electron chi connectivity index (χ0n) is 10.1. The van der Waals surface area contributed by atoms with Gasteiger partial charge in [-0.25, -0.2) is 9.78 Å². The molecular formula is C11H14N4O2S. The van der Waals surface area contributed by atoms with Crippen LogP contribution in [0.4, 0.5) is 0 Å².